The van der Waals surface area contributed by atoms with Crippen molar-refractivity contribution in [2.75, 3.05) is 6.61 Å². The lowest BCUT2D eigenvalue weighted by Gasteiger charge is -2.16. The van der Waals surface area contributed by atoms with Crippen LogP contribution in [0.3, 0.4) is 0 Å². The molecule has 1 unspecified atom stereocenters. The Bertz CT molecular complexity index is 823. The maximum Gasteiger partial charge on any atom is 0.417 e. The lowest BCUT2D eigenvalue weighted by molar-refractivity contribution is -0.137. The van der Waals surface area contributed by atoms with Crippen molar-refractivity contribution in [2.45, 2.75) is 26.1 Å². The van der Waals surface area contributed by atoms with Crippen molar-refractivity contribution in [3.05, 3.63) is 59.7 Å². The van der Waals surface area contributed by atoms with Gasteiger partial charge in [0.05, 0.1) is 17.7 Å². The summed E-state index contributed by atoms with van der Waals surface area (Å²) in [6.45, 7) is 3.79. The molecular weight excluding hydrogens is 377 g/mol. The third-order valence-corrected chi connectivity index (χ3v) is 3.59. The molecule has 28 heavy (non-hydrogen) atoms. The van der Waals surface area contributed by atoms with Gasteiger partial charge in [0.25, 0.3) is 11.8 Å². The van der Waals surface area contributed by atoms with Gasteiger partial charge in [-0.2, -0.15) is 13.2 Å². The van der Waals surface area contributed by atoms with Gasteiger partial charge in [0.2, 0.25) is 0 Å². The normalized spacial score (nSPS) is 12.0. The second-order valence-corrected chi connectivity index (χ2v) is 5.65. The van der Waals surface area contributed by atoms with E-state index in [1.165, 1.54) is 19.1 Å². The van der Waals surface area contributed by atoms with Gasteiger partial charge in [-0.15, -0.1) is 0 Å². The van der Waals surface area contributed by atoms with Crippen LogP contribution in [0.15, 0.2) is 48.5 Å². The van der Waals surface area contributed by atoms with Crippen molar-refractivity contribution in [2.24, 2.45) is 0 Å². The highest BCUT2D eigenvalue weighted by Gasteiger charge is 2.35. The quantitative estimate of drug-likeness (QED) is 0.735. The molecule has 0 bridgehead atoms. The molecular formula is C19H19F3N2O4. The van der Waals surface area contributed by atoms with Gasteiger partial charge in [-0.25, -0.2) is 0 Å². The van der Waals surface area contributed by atoms with Crippen LogP contribution in [0.25, 0.3) is 0 Å². The number of hydrazine groups is 1. The van der Waals surface area contributed by atoms with E-state index in [1.54, 1.807) is 24.3 Å². The Morgan fingerprint density at radius 2 is 1.61 bits per heavy atom. The summed E-state index contributed by atoms with van der Waals surface area (Å²) in [5, 5.41) is 0. The third kappa shape index (κ3) is 5.63. The smallest absolute Gasteiger partial charge is 0.417 e. The minimum Gasteiger partial charge on any atom is -0.494 e. The number of ether oxygens (including phenoxy) is 2. The van der Waals surface area contributed by atoms with Crippen LogP contribution in [0.5, 0.6) is 11.5 Å². The molecule has 6 nitrogen and oxygen atoms in total. The average molecular weight is 396 g/mol. The molecule has 0 aromatic heterocycles. The second-order valence-electron chi connectivity index (χ2n) is 5.65. The standard InChI is InChI=1S/C19H19F3N2O4/c1-3-27-13-8-10-14(11-9-13)28-12(2)17(25)23-24-18(26)15-6-4-5-7-16(15)19(20,21)22/h4-12H,3H2,1-2H3,(H,23,25)(H,24,26). The van der Waals surface area contributed by atoms with E-state index < -0.39 is 35.2 Å². The number of carbonyl (C=O) groups excluding carboxylic acids is 2. The van der Waals surface area contributed by atoms with E-state index in [0.717, 1.165) is 12.1 Å². The Hall–Kier alpha value is -3.23. The van der Waals surface area contributed by atoms with E-state index in [9.17, 15) is 22.8 Å². The lowest BCUT2D eigenvalue weighted by Crippen LogP contribution is -2.47. The first-order chi connectivity index (χ1) is 13.2. The predicted molar refractivity (Wildman–Crippen MR) is 94.8 cm³/mol. The molecule has 0 saturated carbocycles. The van der Waals surface area contributed by atoms with E-state index in [-0.39, 0.29) is 0 Å². The molecule has 2 aromatic rings. The van der Waals surface area contributed by atoms with Crippen molar-refractivity contribution >= 4 is 11.8 Å². The molecule has 0 aliphatic carbocycles. The summed E-state index contributed by atoms with van der Waals surface area (Å²) < 4.78 is 49.6. The maximum absolute atomic E-state index is 13.0. The highest BCUT2D eigenvalue weighted by atomic mass is 19.4. The Balaban J connectivity index is 1.93. The summed E-state index contributed by atoms with van der Waals surface area (Å²) in [5.41, 5.74) is 2.32. The predicted octanol–water partition coefficient (Wildman–Crippen LogP) is 3.33. The van der Waals surface area contributed by atoms with Crippen molar-refractivity contribution in [3.8, 4) is 11.5 Å². The largest absolute Gasteiger partial charge is 0.494 e. The molecule has 0 heterocycles. The molecule has 2 rings (SSSR count). The zero-order chi connectivity index (χ0) is 20.7. The summed E-state index contributed by atoms with van der Waals surface area (Å²) >= 11 is 0. The van der Waals surface area contributed by atoms with E-state index in [4.69, 9.17) is 9.47 Å². The van der Waals surface area contributed by atoms with E-state index in [0.29, 0.717) is 18.1 Å². The zero-order valence-electron chi connectivity index (χ0n) is 15.2. The van der Waals surface area contributed by atoms with Crippen LogP contribution in [-0.4, -0.2) is 24.5 Å². The summed E-state index contributed by atoms with van der Waals surface area (Å²) in [6.07, 6.45) is -5.70. The van der Waals surface area contributed by atoms with E-state index in [1.807, 2.05) is 12.3 Å². The Morgan fingerprint density at radius 3 is 2.21 bits per heavy atom. The van der Waals surface area contributed by atoms with Gasteiger partial charge in [-0.05, 0) is 50.2 Å². The first-order valence-corrected chi connectivity index (χ1v) is 8.38. The van der Waals surface area contributed by atoms with E-state index >= 15 is 0 Å². The van der Waals surface area contributed by atoms with Gasteiger partial charge >= 0.3 is 6.18 Å². The summed E-state index contributed by atoms with van der Waals surface area (Å²) in [4.78, 5) is 24.1. The number of nitrogens with one attached hydrogen (secondary N) is 2. The first kappa shape index (κ1) is 21.1. The van der Waals surface area contributed by atoms with Gasteiger partial charge in [0.15, 0.2) is 6.10 Å². The van der Waals surface area contributed by atoms with Gasteiger partial charge < -0.3 is 9.47 Å². The van der Waals surface area contributed by atoms with Gasteiger partial charge in [0.1, 0.15) is 11.5 Å². The van der Waals surface area contributed by atoms with Crippen molar-refractivity contribution < 1.29 is 32.2 Å². The molecule has 1 atom stereocenters. The van der Waals surface area contributed by atoms with Crippen LogP contribution in [0.4, 0.5) is 13.2 Å². The fourth-order valence-corrected chi connectivity index (χ4v) is 2.25. The first-order valence-electron chi connectivity index (χ1n) is 8.38. The minimum atomic E-state index is -4.69. The minimum absolute atomic E-state index is 0.389. The number of hydrogen-bond donors (Lipinski definition) is 2. The molecule has 2 N–H and O–H groups in total. The number of amides is 2. The number of rotatable bonds is 6. The van der Waals surface area contributed by atoms with Crippen LogP contribution in [0, 0.1) is 0 Å². The highest BCUT2D eigenvalue weighted by Crippen LogP contribution is 2.31. The molecule has 0 spiro atoms. The second kappa shape index (κ2) is 9.12. The molecule has 150 valence electrons. The Morgan fingerprint density at radius 1 is 1.00 bits per heavy atom. The van der Waals surface area contributed by atoms with Crippen molar-refractivity contribution in [1.29, 1.82) is 0 Å². The molecule has 9 heteroatoms. The highest BCUT2D eigenvalue weighted by molar-refractivity contribution is 5.97. The number of carbonyl (C=O) groups is 2. The van der Waals surface area contributed by atoms with Crippen molar-refractivity contribution in [1.82, 2.24) is 10.9 Å². The van der Waals surface area contributed by atoms with Gasteiger partial charge in [-0.1, -0.05) is 12.1 Å². The fraction of sp³-hybridized carbons (Fsp3) is 0.263. The van der Waals surface area contributed by atoms with Gasteiger partial charge in [-0.3, -0.25) is 20.4 Å². The summed E-state index contributed by atoms with van der Waals surface area (Å²) in [6, 6.07) is 10.8. The maximum atomic E-state index is 13.0. The number of hydrogen-bond acceptors (Lipinski definition) is 4. The molecule has 0 aliphatic rings. The van der Waals surface area contributed by atoms with Gasteiger partial charge in [0, 0.05) is 0 Å². The van der Waals surface area contributed by atoms with Crippen LogP contribution in [-0.2, 0) is 11.0 Å². The fourth-order valence-electron chi connectivity index (χ4n) is 2.25. The Labute approximate surface area is 159 Å². The molecule has 0 fully saturated rings. The SMILES string of the molecule is CCOc1ccc(OC(C)C(=O)NNC(=O)c2ccccc2C(F)(F)F)cc1. The monoisotopic (exact) mass is 396 g/mol. The zero-order valence-corrected chi connectivity index (χ0v) is 15.2. The summed E-state index contributed by atoms with van der Waals surface area (Å²) in [5.74, 6) is -0.788. The molecule has 0 aliphatic heterocycles. The van der Waals surface area contributed by atoms with Crippen LogP contribution in [0.2, 0.25) is 0 Å². The lowest BCUT2D eigenvalue weighted by atomic mass is 10.1. The summed E-state index contributed by atoms with van der Waals surface area (Å²) in [7, 11) is 0. The topological polar surface area (TPSA) is 76.7 Å². The van der Waals surface area contributed by atoms with E-state index in [2.05, 4.69) is 5.43 Å². The van der Waals surface area contributed by atoms with Crippen molar-refractivity contribution in [3.63, 3.8) is 0 Å². The number of benzene rings is 2. The average Bonchev–Trinajstić information content (AvgIpc) is 2.66. The number of alkyl halides is 3. The molecule has 2 amide bonds. The molecule has 0 saturated heterocycles. The molecule has 2 aromatic carbocycles. The third-order valence-electron chi connectivity index (χ3n) is 3.59. The van der Waals surface area contributed by atoms with Crippen LogP contribution >= 0.6 is 0 Å². The van der Waals surface area contributed by atoms with Crippen LogP contribution < -0.4 is 20.3 Å². The Kier molecular flexibility index (Phi) is 6.86. The molecule has 0 radical (unpaired) electrons. The van der Waals surface area contributed by atoms with Crippen LogP contribution in [0.1, 0.15) is 29.8 Å². The number of halogens is 3.